The Morgan fingerprint density at radius 3 is 2.35 bits per heavy atom. The molecule has 1 N–H and O–H groups in total. The second-order valence-electron chi connectivity index (χ2n) is 5.15. The minimum Gasteiger partial charge on any atom is -0.493 e. The monoisotopic (exact) mass is 335 g/mol. The molecule has 0 aromatic heterocycles. The van der Waals surface area contributed by atoms with E-state index in [1.54, 1.807) is 21.3 Å². The summed E-state index contributed by atoms with van der Waals surface area (Å²) >= 11 is 6.05. The van der Waals surface area contributed by atoms with Gasteiger partial charge in [-0.2, -0.15) is 0 Å². The zero-order valence-corrected chi connectivity index (χ0v) is 14.6. The SMILES string of the molecule is COc1ccc(CN[C@H](C)c2cccc(Cl)c2)c(OC)c1OC. The van der Waals surface area contributed by atoms with Crippen LogP contribution in [0.5, 0.6) is 17.2 Å². The van der Waals surface area contributed by atoms with E-state index in [1.165, 1.54) is 0 Å². The summed E-state index contributed by atoms with van der Waals surface area (Å²) in [5.74, 6) is 1.93. The van der Waals surface area contributed by atoms with Crippen LogP contribution in [0, 0.1) is 0 Å². The third-order valence-corrected chi connectivity index (χ3v) is 3.97. The lowest BCUT2D eigenvalue weighted by molar-refractivity contribution is 0.321. The first-order valence-electron chi connectivity index (χ1n) is 7.37. The molecule has 0 saturated heterocycles. The van der Waals surface area contributed by atoms with Gasteiger partial charge in [-0.15, -0.1) is 0 Å². The molecule has 124 valence electrons. The van der Waals surface area contributed by atoms with Gasteiger partial charge in [-0.3, -0.25) is 0 Å². The molecule has 1 atom stereocenters. The second kappa shape index (κ2) is 8.09. The zero-order valence-electron chi connectivity index (χ0n) is 13.9. The largest absolute Gasteiger partial charge is 0.493 e. The van der Waals surface area contributed by atoms with E-state index in [4.69, 9.17) is 25.8 Å². The molecule has 0 radical (unpaired) electrons. The third kappa shape index (κ3) is 4.09. The molecule has 2 rings (SSSR count). The topological polar surface area (TPSA) is 39.7 Å². The fourth-order valence-corrected chi connectivity index (χ4v) is 2.66. The highest BCUT2D eigenvalue weighted by atomic mass is 35.5. The Morgan fingerprint density at radius 1 is 1.00 bits per heavy atom. The molecule has 0 aliphatic heterocycles. The van der Waals surface area contributed by atoms with Crippen LogP contribution in [0.25, 0.3) is 0 Å². The van der Waals surface area contributed by atoms with Crippen molar-refractivity contribution >= 4 is 11.6 Å². The summed E-state index contributed by atoms with van der Waals surface area (Å²) in [6.45, 7) is 2.73. The predicted molar refractivity (Wildman–Crippen MR) is 92.8 cm³/mol. The average Bonchev–Trinajstić information content (AvgIpc) is 2.58. The van der Waals surface area contributed by atoms with E-state index < -0.39 is 0 Å². The Balaban J connectivity index is 2.17. The van der Waals surface area contributed by atoms with Crippen LogP contribution in [-0.2, 0) is 6.54 Å². The number of halogens is 1. The van der Waals surface area contributed by atoms with Gasteiger partial charge in [0.25, 0.3) is 0 Å². The molecule has 5 heteroatoms. The second-order valence-corrected chi connectivity index (χ2v) is 5.59. The molecule has 4 nitrogen and oxygen atoms in total. The van der Waals surface area contributed by atoms with Crippen molar-refractivity contribution in [1.82, 2.24) is 5.32 Å². The van der Waals surface area contributed by atoms with Gasteiger partial charge in [0.05, 0.1) is 21.3 Å². The van der Waals surface area contributed by atoms with E-state index in [1.807, 2.05) is 30.3 Å². The third-order valence-electron chi connectivity index (χ3n) is 3.73. The van der Waals surface area contributed by atoms with Gasteiger partial charge in [-0.25, -0.2) is 0 Å². The molecular formula is C18H22ClNO3. The van der Waals surface area contributed by atoms with Gasteiger partial charge >= 0.3 is 0 Å². The highest BCUT2D eigenvalue weighted by Crippen LogP contribution is 2.39. The van der Waals surface area contributed by atoms with Gasteiger partial charge in [0.1, 0.15) is 0 Å². The Bertz CT molecular complexity index is 661. The minimum atomic E-state index is 0.159. The maximum atomic E-state index is 6.05. The molecule has 0 aliphatic rings. The maximum Gasteiger partial charge on any atom is 0.203 e. The lowest BCUT2D eigenvalue weighted by Gasteiger charge is -2.18. The molecule has 0 saturated carbocycles. The Morgan fingerprint density at radius 2 is 1.74 bits per heavy atom. The normalized spacial score (nSPS) is 11.9. The Kier molecular flexibility index (Phi) is 6.13. The summed E-state index contributed by atoms with van der Waals surface area (Å²) in [4.78, 5) is 0. The zero-order chi connectivity index (χ0) is 16.8. The van der Waals surface area contributed by atoms with Crippen LogP contribution < -0.4 is 19.5 Å². The fraction of sp³-hybridized carbons (Fsp3) is 0.333. The smallest absolute Gasteiger partial charge is 0.203 e. The van der Waals surface area contributed by atoms with Gasteiger partial charge < -0.3 is 19.5 Å². The molecule has 23 heavy (non-hydrogen) atoms. The fourth-order valence-electron chi connectivity index (χ4n) is 2.46. The van der Waals surface area contributed by atoms with Crippen LogP contribution in [0.4, 0.5) is 0 Å². The number of hydrogen-bond acceptors (Lipinski definition) is 4. The first kappa shape index (κ1) is 17.4. The highest BCUT2D eigenvalue weighted by molar-refractivity contribution is 6.30. The summed E-state index contributed by atoms with van der Waals surface area (Å²) in [6, 6.07) is 11.8. The highest BCUT2D eigenvalue weighted by Gasteiger charge is 2.16. The first-order chi connectivity index (χ1) is 11.1. The van der Waals surface area contributed by atoms with Crippen molar-refractivity contribution in [2.45, 2.75) is 19.5 Å². The van der Waals surface area contributed by atoms with Crippen LogP contribution >= 0.6 is 11.6 Å². The van der Waals surface area contributed by atoms with Gasteiger partial charge in [0.2, 0.25) is 5.75 Å². The van der Waals surface area contributed by atoms with E-state index >= 15 is 0 Å². The molecule has 0 unspecified atom stereocenters. The van der Waals surface area contributed by atoms with Crippen molar-refractivity contribution in [3.63, 3.8) is 0 Å². The summed E-state index contributed by atoms with van der Waals surface area (Å²) in [5.41, 5.74) is 2.14. The Hall–Kier alpha value is -1.91. The summed E-state index contributed by atoms with van der Waals surface area (Å²) in [6.07, 6.45) is 0. The number of rotatable bonds is 7. The molecule has 2 aromatic rings. The quantitative estimate of drug-likeness (QED) is 0.822. The van der Waals surface area contributed by atoms with Crippen molar-refractivity contribution in [2.24, 2.45) is 0 Å². The van der Waals surface area contributed by atoms with E-state index in [9.17, 15) is 0 Å². The standard InChI is InChI=1S/C18H22ClNO3/c1-12(13-6-5-7-15(19)10-13)20-11-14-8-9-16(21-2)18(23-4)17(14)22-3/h5-10,12,20H,11H2,1-4H3/t12-/m1/s1. The number of nitrogens with one attached hydrogen (secondary N) is 1. The number of ether oxygens (including phenoxy) is 3. The van der Waals surface area contributed by atoms with Gasteiger partial charge in [0, 0.05) is 23.2 Å². The van der Waals surface area contributed by atoms with Gasteiger partial charge in [0.15, 0.2) is 11.5 Å². The van der Waals surface area contributed by atoms with E-state index in [0.717, 1.165) is 16.1 Å². The molecule has 0 bridgehead atoms. The molecule has 0 fully saturated rings. The van der Waals surface area contributed by atoms with Crippen molar-refractivity contribution in [3.05, 3.63) is 52.5 Å². The molecule has 0 amide bonds. The van der Waals surface area contributed by atoms with Crippen LogP contribution in [0.1, 0.15) is 24.1 Å². The van der Waals surface area contributed by atoms with Gasteiger partial charge in [-0.05, 0) is 30.7 Å². The molecular weight excluding hydrogens is 314 g/mol. The Labute approximate surface area is 142 Å². The van der Waals surface area contributed by atoms with Gasteiger partial charge in [-0.1, -0.05) is 29.8 Å². The van der Waals surface area contributed by atoms with Crippen LogP contribution in [0.3, 0.4) is 0 Å². The van der Waals surface area contributed by atoms with Crippen molar-refractivity contribution < 1.29 is 14.2 Å². The van der Waals surface area contributed by atoms with Crippen molar-refractivity contribution in [3.8, 4) is 17.2 Å². The van der Waals surface area contributed by atoms with E-state index in [-0.39, 0.29) is 6.04 Å². The van der Waals surface area contributed by atoms with Crippen molar-refractivity contribution in [1.29, 1.82) is 0 Å². The maximum absolute atomic E-state index is 6.05. The van der Waals surface area contributed by atoms with Crippen LogP contribution in [0.15, 0.2) is 36.4 Å². The molecule has 0 spiro atoms. The van der Waals surface area contributed by atoms with Crippen LogP contribution in [0.2, 0.25) is 5.02 Å². The molecule has 0 heterocycles. The average molecular weight is 336 g/mol. The number of benzene rings is 2. The lowest BCUT2D eigenvalue weighted by atomic mass is 10.1. The first-order valence-corrected chi connectivity index (χ1v) is 7.75. The molecule has 0 aliphatic carbocycles. The summed E-state index contributed by atoms with van der Waals surface area (Å²) < 4.78 is 16.2. The van der Waals surface area contributed by atoms with Crippen molar-refractivity contribution in [2.75, 3.05) is 21.3 Å². The number of methoxy groups -OCH3 is 3. The van der Waals surface area contributed by atoms with Crippen LogP contribution in [-0.4, -0.2) is 21.3 Å². The predicted octanol–water partition coefficient (Wildman–Crippen LogP) is 4.22. The van der Waals surface area contributed by atoms with E-state index in [2.05, 4.69) is 18.3 Å². The van der Waals surface area contributed by atoms with E-state index in [0.29, 0.717) is 23.8 Å². The molecule has 2 aromatic carbocycles. The summed E-state index contributed by atoms with van der Waals surface area (Å²) in [7, 11) is 4.84. The number of hydrogen-bond donors (Lipinski definition) is 1. The minimum absolute atomic E-state index is 0.159. The summed E-state index contributed by atoms with van der Waals surface area (Å²) in [5, 5.41) is 4.21. The lowest BCUT2D eigenvalue weighted by Crippen LogP contribution is -2.18.